The van der Waals surface area contributed by atoms with Crippen molar-refractivity contribution in [2.45, 2.75) is 19.8 Å². The number of hydrogen-bond donors (Lipinski definition) is 2. The van der Waals surface area contributed by atoms with Crippen LogP contribution in [0.15, 0.2) is 30.6 Å². The first-order valence-corrected chi connectivity index (χ1v) is 5.55. The fraction of sp³-hybridized carbons (Fsp3) is 0.250. The molecule has 1 amide bonds. The van der Waals surface area contributed by atoms with Crippen LogP contribution in [-0.2, 0) is 6.42 Å². The van der Waals surface area contributed by atoms with Crippen LogP contribution >= 0.6 is 0 Å². The summed E-state index contributed by atoms with van der Waals surface area (Å²) in [7, 11) is 0. The molecule has 0 bridgehead atoms. The highest BCUT2D eigenvalue weighted by Crippen LogP contribution is 2.08. The van der Waals surface area contributed by atoms with Crippen LogP contribution in [0.25, 0.3) is 0 Å². The Morgan fingerprint density at radius 2 is 2.12 bits per heavy atom. The fourth-order valence-corrected chi connectivity index (χ4v) is 1.56. The lowest BCUT2D eigenvalue weighted by atomic mass is 10.1. The molecular formula is C12H14N4O. The average molecular weight is 230 g/mol. The number of hydrogen-bond acceptors (Lipinski definition) is 3. The van der Waals surface area contributed by atoms with Crippen molar-refractivity contribution < 1.29 is 4.79 Å². The van der Waals surface area contributed by atoms with Gasteiger partial charge in [0.25, 0.3) is 5.91 Å². The molecule has 1 aromatic carbocycles. The second-order valence-electron chi connectivity index (χ2n) is 3.74. The Balaban J connectivity index is 2.04. The number of aromatic nitrogens is 3. The summed E-state index contributed by atoms with van der Waals surface area (Å²) in [6, 6.07) is 7.57. The zero-order valence-electron chi connectivity index (χ0n) is 9.60. The predicted molar refractivity (Wildman–Crippen MR) is 64.8 cm³/mol. The molecule has 0 radical (unpaired) electrons. The molecule has 5 nitrogen and oxygen atoms in total. The quantitative estimate of drug-likeness (QED) is 0.844. The number of carbonyl (C=O) groups excluding carboxylic acids is 1. The normalized spacial score (nSPS) is 10.2. The molecule has 0 fully saturated rings. The lowest BCUT2D eigenvalue weighted by Gasteiger charge is -2.03. The van der Waals surface area contributed by atoms with Crippen LogP contribution in [0.3, 0.4) is 0 Å². The molecule has 1 heterocycles. The number of rotatable bonds is 4. The smallest absolute Gasteiger partial charge is 0.258 e. The van der Waals surface area contributed by atoms with E-state index in [1.807, 2.05) is 24.3 Å². The standard InChI is InChI=1S/C12H14N4O/c1-2-3-9-4-6-10(7-5-9)11(17)15-12-13-8-14-16-12/h4-8H,2-3H2,1H3,(H2,13,14,15,16,17). The minimum Gasteiger partial charge on any atom is -0.291 e. The van der Waals surface area contributed by atoms with Crippen LogP contribution in [0.2, 0.25) is 0 Å². The first-order chi connectivity index (χ1) is 8.29. The molecule has 1 aromatic heterocycles. The summed E-state index contributed by atoms with van der Waals surface area (Å²) in [5, 5.41) is 8.85. The van der Waals surface area contributed by atoms with Crippen molar-refractivity contribution in [2.24, 2.45) is 0 Å². The summed E-state index contributed by atoms with van der Waals surface area (Å²) in [4.78, 5) is 15.6. The molecule has 0 aliphatic heterocycles. The van der Waals surface area contributed by atoms with Crippen LogP contribution in [0.4, 0.5) is 5.95 Å². The van der Waals surface area contributed by atoms with E-state index < -0.39 is 0 Å². The second-order valence-corrected chi connectivity index (χ2v) is 3.74. The molecule has 2 N–H and O–H groups in total. The molecule has 0 saturated carbocycles. The van der Waals surface area contributed by atoms with E-state index in [1.54, 1.807) is 0 Å². The molecular weight excluding hydrogens is 216 g/mol. The van der Waals surface area contributed by atoms with E-state index >= 15 is 0 Å². The topological polar surface area (TPSA) is 70.7 Å². The monoisotopic (exact) mass is 230 g/mol. The van der Waals surface area contributed by atoms with Gasteiger partial charge in [0, 0.05) is 5.56 Å². The highest BCUT2D eigenvalue weighted by atomic mass is 16.1. The average Bonchev–Trinajstić information content (AvgIpc) is 2.83. The summed E-state index contributed by atoms with van der Waals surface area (Å²) in [6.45, 7) is 2.13. The summed E-state index contributed by atoms with van der Waals surface area (Å²) in [5.41, 5.74) is 1.85. The SMILES string of the molecule is CCCc1ccc(C(=O)Nc2ncn[nH]2)cc1. The molecule has 17 heavy (non-hydrogen) atoms. The first-order valence-electron chi connectivity index (χ1n) is 5.55. The number of amides is 1. The number of nitrogens with zero attached hydrogens (tertiary/aromatic N) is 2. The summed E-state index contributed by atoms with van der Waals surface area (Å²) in [5.74, 6) is 0.164. The van der Waals surface area contributed by atoms with Gasteiger partial charge in [-0.15, -0.1) is 0 Å². The van der Waals surface area contributed by atoms with Crippen LogP contribution < -0.4 is 5.32 Å². The lowest BCUT2D eigenvalue weighted by Crippen LogP contribution is -2.12. The molecule has 0 aliphatic carbocycles. The Morgan fingerprint density at radius 3 is 2.71 bits per heavy atom. The number of anilines is 1. The number of aromatic amines is 1. The Kier molecular flexibility index (Phi) is 3.49. The number of aryl methyl sites for hydroxylation is 1. The molecule has 0 unspecified atom stereocenters. The van der Waals surface area contributed by atoms with Crippen LogP contribution in [0.5, 0.6) is 0 Å². The number of H-pyrrole nitrogens is 1. The Hall–Kier alpha value is -2.17. The van der Waals surface area contributed by atoms with E-state index in [4.69, 9.17) is 0 Å². The van der Waals surface area contributed by atoms with Gasteiger partial charge in [-0.1, -0.05) is 25.5 Å². The van der Waals surface area contributed by atoms with Crippen LogP contribution in [0.1, 0.15) is 29.3 Å². The van der Waals surface area contributed by atoms with Gasteiger partial charge in [0.15, 0.2) is 0 Å². The highest BCUT2D eigenvalue weighted by Gasteiger charge is 2.06. The van der Waals surface area contributed by atoms with Gasteiger partial charge in [0.2, 0.25) is 5.95 Å². The van der Waals surface area contributed by atoms with E-state index in [0.717, 1.165) is 12.8 Å². The van der Waals surface area contributed by atoms with Crippen molar-refractivity contribution in [3.05, 3.63) is 41.7 Å². The van der Waals surface area contributed by atoms with E-state index in [1.165, 1.54) is 11.9 Å². The largest absolute Gasteiger partial charge is 0.291 e. The maximum absolute atomic E-state index is 11.8. The second kappa shape index (κ2) is 5.25. The van der Waals surface area contributed by atoms with E-state index in [9.17, 15) is 4.79 Å². The van der Waals surface area contributed by atoms with Gasteiger partial charge in [0.05, 0.1) is 0 Å². The molecule has 0 atom stereocenters. The molecule has 0 spiro atoms. The van der Waals surface area contributed by atoms with Gasteiger partial charge in [-0.2, -0.15) is 10.1 Å². The van der Waals surface area contributed by atoms with Crippen LogP contribution in [0, 0.1) is 0 Å². The molecule has 88 valence electrons. The summed E-state index contributed by atoms with van der Waals surface area (Å²) < 4.78 is 0. The number of benzene rings is 1. The van der Waals surface area contributed by atoms with Gasteiger partial charge >= 0.3 is 0 Å². The Bertz CT molecular complexity index is 476. The number of nitrogens with one attached hydrogen (secondary N) is 2. The van der Waals surface area contributed by atoms with Crippen molar-refractivity contribution in [1.29, 1.82) is 0 Å². The minimum atomic E-state index is -0.190. The summed E-state index contributed by atoms with van der Waals surface area (Å²) >= 11 is 0. The molecule has 2 aromatic rings. The Labute approximate surface area is 99.3 Å². The third kappa shape index (κ3) is 2.90. The van der Waals surface area contributed by atoms with Crippen molar-refractivity contribution in [1.82, 2.24) is 15.2 Å². The highest BCUT2D eigenvalue weighted by molar-refractivity contribution is 6.03. The van der Waals surface area contributed by atoms with Crippen molar-refractivity contribution in [2.75, 3.05) is 5.32 Å². The maximum atomic E-state index is 11.8. The maximum Gasteiger partial charge on any atom is 0.258 e. The predicted octanol–water partition coefficient (Wildman–Crippen LogP) is 2.01. The fourth-order valence-electron chi connectivity index (χ4n) is 1.56. The summed E-state index contributed by atoms with van der Waals surface area (Å²) in [6.07, 6.45) is 3.48. The Morgan fingerprint density at radius 1 is 1.35 bits per heavy atom. The third-order valence-corrected chi connectivity index (χ3v) is 2.40. The van der Waals surface area contributed by atoms with Crippen molar-refractivity contribution in [3.63, 3.8) is 0 Å². The zero-order chi connectivity index (χ0) is 12.1. The lowest BCUT2D eigenvalue weighted by molar-refractivity contribution is 0.102. The minimum absolute atomic E-state index is 0.190. The molecule has 0 aliphatic rings. The number of carbonyl (C=O) groups is 1. The van der Waals surface area contributed by atoms with E-state index in [2.05, 4.69) is 27.4 Å². The van der Waals surface area contributed by atoms with Gasteiger partial charge in [-0.05, 0) is 24.1 Å². The van der Waals surface area contributed by atoms with Crippen molar-refractivity contribution >= 4 is 11.9 Å². The van der Waals surface area contributed by atoms with Gasteiger partial charge < -0.3 is 0 Å². The van der Waals surface area contributed by atoms with E-state index in [0.29, 0.717) is 11.5 Å². The van der Waals surface area contributed by atoms with Crippen molar-refractivity contribution in [3.8, 4) is 0 Å². The molecule has 0 saturated heterocycles. The van der Waals surface area contributed by atoms with Gasteiger partial charge in [-0.3, -0.25) is 10.1 Å². The van der Waals surface area contributed by atoms with E-state index in [-0.39, 0.29) is 5.91 Å². The molecule has 5 heteroatoms. The first kappa shape index (κ1) is 11.3. The zero-order valence-corrected chi connectivity index (χ0v) is 9.60. The van der Waals surface area contributed by atoms with Gasteiger partial charge in [-0.25, -0.2) is 5.10 Å². The third-order valence-electron chi connectivity index (χ3n) is 2.40. The molecule has 2 rings (SSSR count). The van der Waals surface area contributed by atoms with Gasteiger partial charge in [0.1, 0.15) is 6.33 Å². The van der Waals surface area contributed by atoms with Crippen LogP contribution in [-0.4, -0.2) is 21.1 Å².